The third-order valence-corrected chi connectivity index (χ3v) is 2.82. The van der Waals surface area contributed by atoms with Gasteiger partial charge in [-0.25, -0.2) is 0 Å². The number of nitro groups is 1. The van der Waals surface area contributed by atoms with Gasteiger partial charge in [0, 0.05) is 6.07 Å². The molecule has 1 aromatic rings. The molecule has 0 fully saturated rings. The molecule has 0 aliphatic heterocycles. The highest BCUT2D eigenvalue weighted by molar-refractivity contribution is 9.10. The molecule has 0 radical (unpaired) electrons. The average molecular weight is 258 g/mol. The summed E-state index contributed by atoms with van der Waals surface area (Å²) in [6.45, 7) is 6.07. The minimum absolute atomic E-state index is 0.0924. The van der Waals surface area contributed by atoms with Gasteiger partial charge in [-0.2, -0.15) is 0 Å². The second kappa shape index (κ2) is 3.69. The largest absolute Gasteiger partial charge is 0.283 e. The Hall–Kier alpha value is -0.900. The number of nitro benzene ring substituents is 1. The van der Waals surface area contributed by atoms with E-state index < -0.39 is 0 Å². The van der Waals surface area contributed by atoms with Crippen molar-refractivity contribution in [2.24, 2.45) is 0 Å². The number of rotatable bonds is 1. The first-order valence-electron chi connectivity index (χ1n) is 4.27. The lowest BCUT2D eigenvalue weighted by molar-refractivity contribution is -0.385. The molecule has 0 N–H and O–H groups in total. The van der Waals surface area contributed by atoms with Crippen LogP contribution in [0.15, 0.2) is 22.7 Å². The summed E-state index contributed by atoms with van der Waals surface area (Å²) in [7, 11) is 0. The molecule has 0 saturated heterocycles. The SMILES string of the molecule is CC(C)(C)c1cccc([N+](=O)[O-])c1Br. The zero-order chi connectivity index (χ0) is 10.9. The van der Waals surface area contributed by atoms with Crippen molar-refractivity contribution >= 4 is 21.6 Å². The van der Waals surface area contributed by atoms with Crippen molar-refractivity contribution < 1.29 is 4.92 Å². The van der Waals surface area contributed by atoms with Crippen LogP contribution in [0.5, 0.6) is 0 Å². The van der Waals surface area contributed by atoms with Crippen molar-refractivity contribution in [2.45, 2.75) is 26.2 Å². The molecule has 3 nitrogen and oxygen atoms in total. The lowest BCUT2D eigenvalue weighted by atomic mass is 9.87. The Morgan fingerprint density at radius 2 is 1.93 bits per heavy atom. The van der Waals surface area contributed by atoms with Gasteiger partial charge in [-0.05, 0) is 26.9 Å². The minimum atomic E-state index is -0.376. The van der Waals surface area contributed by atoms with Gasteiger partial charge in [-0.15, -0.1) is 0 Å². The minimum Gasteiger partial charge on any atom is -0.258 e. The molecule has 0 atom stereocenters. The Bertz CT molecular complexity index is 369. The van der Waals surface area contributed by atoms with E-state index in [1.807, 2.05) is 26.8 Å². The second-order valence-corrected chi connectivity index (χ2v) is 4.94. The quantitative estimate of drug-likeness (QED) is 0.570. The molecular formula is C10H12BrNO2. The average Bonchev–Trinajstić information content (AvgIpc) is 2.01. The van der Waals surface area contributed by atoms with Crippen molar-refractivity contribution in [1.29, 1.82) is 0 Å². The highest BCUT2D eigenvalue weighted by Gasteiger charge is 2.22. The van der Waals surface area contributed by atoms with Crippen LogP contribution in [0.2, 0.25) is 0 Å². The van der Waals surface area contributed by atoms with E-state index in [9.17, 15) is 10.1 Å². The molecule has 0 aromatic heterocycles. The zero-order valence-electron chi connectivity index (χ0n) is 8.37. The topological polar surface area (TPSA) is 43.1 Å². The summed E-state index contributed by atoms with van der Waals surface area (Å²) in [4.78, 5) is 10.3. The maximum Gasteiger partial charge on any atom is 0.283 e. The molecule has 1 aromatic carbocycles. The van der Waals surface area contributed by atoms with E-state index >= 15 is 0 Å². The van der Waals surface area contributed by atoms with E-state index in [0.717, 1.165) is 5.56 Å². The molecule has 0 spiro atoms. The lowest BCUT2D eigenvalue weighted by Gasteiger charge is -2.20. The van der Waals surface area contributed by atoms with Crippen molar-refractivity contribution in [2.75, 3.05) is 0 Å². The third-order valence-electron chi connectivity index (χ3n) is 1.98. The van der Waals surface area contributed by atoms with Crippen LogP contribution < -0.4 is 0 Å². The van der Waals surface area contributed by atoms with Crippen LogP contribution in [-0.4, -0.2) is 4.92 Å². The first kappa shape index (κ1) is 11.2. The monoisotopic (exact) mass is 257 g/mol. The zero-order valence-corrected chi connectivity index (χ0v) is 9.96. The van der Waals surface area contributed by atoms with E-state index in [2.05, 4.69) is 15.9 Å². The smallest absolute Gasteiger partial charge is 0.258 e. The van der Waals surface area contributed by atoms with Crippen LogP contribution in [0, 0.1) is 10.1 Å². The van der Waals surface area contributed by atoms with Gasteiger partial charge in [0.05, 0.1) is 9.40 Å². The summed E-state index contributed by atoms with van der Waals surface area (Å²) in [6, 6.07) is 5.11. The fraction of sp³-hybridized carbons (Fsp3) is 0.400. The Morgan fingerprint density at radius 1 is 1.36 bits per heavy atom. The molecule has 76 valence electrons. The van der Waals surface area contributed by atoms with Gasteiger partial charge in [0.25, 0.3) is 5.69 Å². The summed E-state index contributed by atoms with van der Waals surface area (Å²) < 4.78 is 0.581. The first-order chi connectivity index (χ1) is 6.34. The number of hydrogen-bond acceptors (Lipinski definition) is 2. The first-order valence-corrected chi connectivity index (χ1v) is 5.06. The van der Waals surface area contributed by atoms with E-state index in [4.69, 9.17) is 0 Å². The van der Waals surface area contributed by atoms with Gasteiger partial charge in [0.2, 0.25) is 0 Å². The van der Waals surface area contributed by atoms with Crippen LogP contribution in [0.25, 0.3) is 0 Å². The molecule has 1 rings (SSSR count). The summed E-state index contributed by atoms with van der Waals surface area (Å²) in [5.74, 6) is 0. The molecular weight excluding hydrogens is 246 g/mol. The van der Waals surface area contributed by atoms with Crippen LogP contribution in [-0.2, 0) is 5.41 Å². The van der Waals surface area contributed by atoms with Crippen LogP contribution in [0.1, 0.15) is 26.3 Å². The van der Waals surface area contributed by atoms with Gasteiger partial charge >= 0.3 is 0 Å². The number of hydrogen-bond donors (Lipinski definition) is 0. The van der Waals surface area contributed by atoms with E-state index in [1.54, 1.807) is 6.07 Å². The Labute approximate surface area is 91.4 Å². The van der Waals surface area contributed by atoms with Gasteiger partial charge < -0.3 is 0 Å². The fourth-order valence-electron chi connectivity index (χ4n) is 1.24. The molecule has 0 unspecified atom stereocenters. The lowest BCUT2D eigenvalue weighted by Crippen LogP contribution is -2.12. The van der Waals surface area contributed by atoms with E-state index in [1.165, 1.54) is 6.07 Å². The van der Waals surface area contributed by atoms with E-state index in [0.29, 0.717) is 4.47 Å². The molecule has 0 aliphatic rings. The maximum atomic E-state index is 10.7. The molecule has 0 saturated carbocycles. The summed E-state index contributed by atoms with van der Waals surface area (Å²) in [5, 5.41) is 10.7. The van der Waals surface area contributed by atoms with Crippen molar-refractivity contribution in [3.63, 3.8) is 0 Å². The molecule has 4 heteroatoms. The molecule has 14 heavy (non-hydrogen) atoms. The van der Waals surface area contributed by atoms with Crippen molar-refractivity contribution in [3.8, 4) is 0 Å². The normalized spacial score (nSPS) is 11.4. The summed E-state index contributed by atoms with van der Waals surface area (Å²) in [5.41, 5.74) is 0.981. The molecule has 0 amide bonds. The van der Waals surface area contributed by atoms with Gasteiger partial charge in [0.1, 0.15) is 0 Å². The van der Waals surface area contributed by atoms with Gasteiger partial charge in [-0.1, -0.05) is 32.9 Å². The highest BCUT2D eigenvalue weighted by atomic mass is 79.9. The third kappa shape index (κ3) is 2.12. The number of nitrogens with zero attached hydrogens (tertiary/aromatic N) is 1. The van der Waals surface area contributed by atoms with Crippen LogP contribution in [0.3, 0.4) is 0 Å². The number of halogens is 1. The summed E-state index contributed by atoms with van der Waals surface area (Å²) in [6.07, 6.45) is 0. The Balaban J connectivity index is 3.35. The van der Waals surface area contributed by atoms with Gasteiger partial charge in [-0.3, -0.25) is 10.1 Å². The Kier molecular flexibility index (Phi) is 2.95. The van der Waals surface area contributed by atoms with Gasteiger partial charge in [0.15, 0.2) is 0 Å². The molecule has 0 bridgehead atoms. The second-order valence-electron chi connectivity index (χ2n) is 4.15. The van der Waals surface area contributed by atoms with Crippen LogP contribution in [0.4, 0.5) is 5.69 Å². The predicted molar refractivity (Wildman–Crippen MR) is 59.5 cm³/mol. The standard InChI is InChI=1S/C10H12BrNO2/c1-10(2,3)7-5-4-6-8(9(7)11)12(13)14/h4-6H,1-3H3. The summed E-state index contributed by atoms with van der Waals surface area (Å²) >= 11 is 3.28. The Morgan fingerprint density at radius 3 is 2.36 bits per heavy atom. The molecule has 0 heterocycles. The van der Waals surface area contributed by atoms with Crippen LogP contribution >= 0.6 is 15.9 Å². The van der Waals surface area contributed by atoms with Crippen molar-refractivity contribution in [1.82, 2.24) is 0 Å². The molecule has 0 aliphatic carbocycles. The number of benzene rings is 1. The van der Waals surface area contributed by atoms with Crippen molar-refractivity contribution in [3.05, 3.63) is 38.3 Å². The fourth-order valence-corrected chi connectivity index (χ4v) is 2.24. The highest BCUT2D eigenvalue weighted by Crippen LogP contribution is 2.35. The maximum absolute atomic E-state index is 10.7. The van der Waals surface area contributed by atoms with E-state index in [-0.39, 0.29) is 16.0 Å². The predicted octanol–water partition coefficient (Wildman–Crippen LogP) is 3.65.